The van der Waals surface area contributed by atoms with Gasteiger partial charge in [0.15, 0.2) is 0 Å². The molecule has 0 atom stereocenters. The van der Waals surface area contributed by atoms with Crippen molar-refractivity contribution in [3.63, 3.8) is 0 Å². The zero-order valence-electron chi connectivity index (χ0n) is 10.2. The summed E-state index contributed by atoms with van der Waals surface area (Å²) in [5.41, 5.74) is 3.72. The topological polar surface area (TPSA) is 17.8 Å². The van der Waals surface area contributed by atoms with Crippen molar-refractivity contribution in [2.24, 2.45) is 7.05 Å². The lowest BCUT2D eigenvalue weighted by atomic mass is 10.1. The van der Waals surface area contributed by atoms with Crippen LogP contribution in [-0.4, -0.2) is 9.55 Å². The number of nitrogens with zero attached hydrogens (tertiary/aromatic N) is 2. The molecule has 0 spiro atoms. The molecule has 0 aliphatic carbocycles. The van der Waals surface area contributed by atoms with Crippen LogP contribution in [0.4, 0.5) is 0 Å². The monoisotopic (exact) mass is 214 g/mol. The molecule has 16 heavy (non-hydrogen) atoms. The Morgan fingerprint density at radius 2 is 1.75 bits per heavy atom. The molecule has 0 amide bonds. The Balaban J connectivity index is 2.59. The van der Waals surface area contributed by atoms with Crippen molar-refractivity contribution in [3.8, 4) is 11.3 Å². The van der Waals surface area contributed by atoms with E-state index in [0.717, 1.165) is 18.7 Å². The Bertz CT molecular complexity index is 469. The van der Waals surface area contributed by atoms with Crippen LogP contribution in [0.2, 0.25) is 0 Å². The fourth-order valence-electron chi connectivity index (χ4n) is 2.13. The molecule has 1 aromatic heterocycles. The quantitative estimate of drug-likeness (QED) is 0.767. The number of hydrogen-bond donors (Lipinski definition) is 0. The highest BCUT2D eigenvalue weighted by atomic mass is 15.1. The Morgan fingerprint density at radius 3 is 2.31 bits per heavy atom. The van der Waals surface area contributed by atoms with Crippen molar-refractivity contribution in [1.82, 2.24) is 9.55 Å². The van der Waals surface area contributed by atoms with E-state index in [-0.39, 0.29) is 0 Å². The van der Waals surface area contributed by atoms with Crippen LogP contribution in [0, 0.1) is 0 Å². The molecular weight excluding hydrogens is 196 g/mol. The van der Waals surface area contributed by atoms with Crippen LogP contribution in [0.15, 0.2) is 30.3 Å². The normalized spacial score (nSPS) is 10.7. The molecule has 0 saturated heterocycles. The van der Waals surface area contributed by atoms with Gasteiger partial charge in [0, 0.05) is 19.0 Å². The number of aromatic nitrogens is 2. The fourth-order valence-corrected chi connectivity index (χ4v) is 2.13. The molecule has 84 valence electrons. The van der Waals surface area contributed by atoms with Crippen molar-refractivity contribution in [3.05, 3.63) is 41.9 Å². The summed E-state index contributed by atoms with van der Waals surface area (Å²) >= 11 is 0. The van der Waals surface area contributed by atoms with Crippen molar-refractivity contribution < 1.29 is 0 Å². The zero-order chi connectivity index (χ0) is 11.5. The highest BCUT2D eigenvalue weighted by Crippen LogP contribution is 2.24. The highest BCUT2D eigenvalue weighted by molar-refractivity contribution is 5.62. The van der Waals surface area contributed by atoms with Gasteiger partial charge in [-0.05, 0) is 6.42 Å². The first-order valence-corrected chi connectivity index (χ1v) is 5.87. The van der Waals surface area contributed by atoms with Crippen LogP contribution < -0.4 is 0 Å². The summed E-state index contributed by atoms with van der Waals surface area (Å²) in [4.78, 5) is 4.69. The molecule has 0 N–H and O–H groups in total. The van der Waals surface area contributed by atoms with Crippen molar-refractivity contribution in [2.75, 3.05) is 0 Å². The predicted molar refractivity (Wildman–Crippen MR) is 67.4 cm³/mol. The molecular formula is C14H18N2. The van der Waals surface area contributed by atoms with Crippen molar-refractivity contribution in [2.45, 2.75) is 26.7 Å². The maximum atomic E-state index is 4.69. The lowest BCUT2D eigenvalue weighted by Crippen LogP contribution is -1.97. The fraction of sp³-hybridized carbons (Fsp3) is 0.357. The highest BCUT2D eigenvalue weighted by Gasteiger charge is 2.13. The van der Waals surface area contributed by atoms with Gasteiger partial charge in [0.2, 0.25) is 0 Å². The number of benzene rings is 1. The van der Waals surface area contributed by atoms with E-state index in [0.29, 0.717) is 0 Å². The third kappa shape index (κ3) is 1.75. The van der Waals surface area contributed by atoms with E-state index < -0.39 is 0 Å². The van der Waals surface area contributed by atoms with Gasteiger partial charge in [0.25, 0.3) is 0 Å². The Morgan fingerprint density at radius 1 is 1.06 bits per heavy atom. The summed E-state index contributed by atoms with van der Waals surface area (Å²) in [6.45, 7) is 4.31. The average Bonchev–Trinajstić information content (AvgIpc) is 2.66. The van der Waals surface area contributed by atoms with Gasteiger partial charge in [0.05, 0.1) is 11.4 Å². The van der Waals surface area contributed by atoms with Crippen LogP contribution in [0.5, 0.6) is 0 Å². The van der Waals surface area contributed by atoms with Gasteiger partial charge in [-0.15, -0.1) is 0 Å². The Hall–Kier alpha value is -1.57. The summed E-state index contributed by atoms with van der Waals surface area (Å²) in [5, 5.41) is 0. The molecule has 2 rings (SSSR count). The molecule has 0 saturated carbocycles. The van der Waals surface area contributed by atoms with Crippen LogP contribution in [0.1, 0.15) is 25.4 Å². The first kappa shape index (κ1) is 10.9. The zero-order valence-corrected chi connectivity index (χ0v) is 10.2. The SMILES string of the molecule is CCc1nc(CC)n(C)c1-c1ccccc1. The van der Waals surface area contributed by atoms with Crippen molar-refractivity contribution >= 4 is 0 Å². The first-order chi connectivity index (χ1) is 7.77. The molecule has 1 aromatic carbocycles. The molecule has 0 radical (unpaired) electrons. The third-order valence-corrected chi connectivity index (χ3v) is 2.96. The van der Waals surface area contributed by atoms with Gasteiger partial charge in [-0.2, -0.15) is 0 Å². The summed E-state index contributed by atoms with van der Waals surface area (Å²) in [6.07, 6.45) is 1.97. The smallest absolute Gasteiger partial charge is 0.108 e. The summed E-state index contributed by atoms with van der Waals surface area (Å²) in [5.74, 6) is 1.16. The lowest BCUT2D eigenvalue weighted by Gasteiger charge is -2.06. The van der Waals surface area contributed by atoms with E-state index in [1.165, 1.54) is 17.0 Å². The molecule has 1 heterocycles. The second-order valence-corrected chi connectivity index (χ2v) is 3.96. The van der Waals surface area contributed by atoms with E-state index >= 15 is 0 Å². The number of hydrogen-bond acceptors (Lipinski definition) is 1. The van der Waals surface area contributed by atoms with Gasteiger partial charge in [-0.1, -0.05) is 44.2 Å². The minimum Gasteiger partial charge on any atom is -0.331 e. The minimum absolute atomic E-state index is 0.982. The summed E-state index contributed by atoms with van der Waals surface area (Å²) in [6, 6.07) is 10.5. The van der Waals surface area contributed by atoms with Gasteiger partial charge in [0.1, 0.15) is 5.82 Å². The number of imidazole rings is 1. The molecule has 0 aliphatic heterocycles. The van der Waals surface area contributed by atoms with E-state index in [1.54, 1.807) is 0 Å². The molecule has 2 aromatic rings. The largest absolute Gasteiger partial charge is 0.331 e. The van der Waals surface area contributed by atoms with E-state index in [9.17, 15) is 0 Å². The van der Waals surface area contributed by atoms with Gasteiger partial charge in [-0.3, -0.25) is 0 Å². The van der Waals surface area contributed by atoms with Crippen molar-refractivity contribution in [1.29, 1.82) is 0 Å². The molecule has 0 fully saturated rings. The van der Waals surface area contributed by atoms with E-state index in [2.05, 4.69) is 54.7 Å². The molecule has 2 nitrogen and oxygen atoms in total. The lowest BCUT2D eigenvalue weighted by molar-refractivity contribution is 0.813. The second-order valence-electron chi connectivity index (χ2n) is 3.96. The van der Waals surface area contributed by atoms with Gasteiger partial charge in [-0.25, -0.2) is 4.98 Å². The predicted octanol–water partition coefficient (Wildman–Crippen LogP) is 3.21. The molecule has 0 aliphatic rings. The van der Waals surface area contributed by atoms with Crippen LogP contribution in [0.3, 0.4) is 0 Å². The summed E-state index contributed by atoms with van der Waals surface area (Å²) in [7, 11) is 2.10. The summed E-state index contributed by atoms with van der Waals surface area (Å²) < 4.78 is 2.22. The second kappa shape index (κ2) is 4.52. The van der Waals surface area contributed by atoms with Gasteiger partial charge >= 0.3 is 0 Å². The van der Waals surface area contributed by atoms with Crippen LogP contribution >= 0.6 is 0 Å². The number of aryl methyl sites for hydroxylation is 2. The van der Waals surface area contributed by atoms with E-state index in [4.69, 9.17) is 0 Å². The molecule has 0 unspecified atom stereocenters. The first-order valence-electron chi connectivity index (χ1n) is 5.87. The maximum absolute atomic E-state index is 4.69. The van der Waals surface area contributed by atoms with Crippen LogP contribution in [0.25, 0.3) is 11.3 Å². The average molecular weight is 214 g/mol. The molecule has 2 heteroatoms. The van der Waals surface area contributed by atoms with Gasteiger partial charge < -0.3 is 4.57 Å². The van der Waals surface area contributed by atoms with E-state index in [1.807, 2.05) is 6.07 Å². The minimum atomic E-state index is 0.982. The number of rotatable bonds is 3. The maximum Gasteiger partial charge on any atom is 0.108 e. The molecule has 0 bridgehead atoms. The third-order valence-electron chi connectivity index (χ3n) is 2.96. The van der Waals surface area contributed by atoms with Crippen LogP contribution in [-0.2, 0) is 19.9 Å². The Kier molecular flexibility index (Phi) is 3.09. The standard InChI is InChI=1S/C14H18N2/c1-4-12-14(11-9-7-6-8-10-11)16(3)13(5-2)15-12/h6-10H,4-5H2,1-3H3. The Labute approximate surface area is 97.0 Å².